The van der Waals surface area contributed by atoms with Gasteiger partial charge < -0.3 is 15.3 Å². The van der Waals surface area contributed by atoms with Crippen LogP contribution in [0, 0.1) is 0 Å². The van der Waals surface area contributed by atoms with Crippen molar-refractivity contribution in [3.05, 3.63) is 47.8 Å². The zero-order chi connectivity index (χ0) is 15.1. The molecule has 1 aromatic heterocycles. The van der Waals surface area contributed by atoms with Crippen molar-refractivity contribution in [3.8, 4) is 0 Å². The van der Waals surface area contributed by atoms with Gasteiger partial charge in [0.2, 0.25) is 0 Å². The molecule has 0 spiro atoms. The lowest BCUT2D eigenvalue weighted by molar-refractivity contribution is 0.281. The summed E-state index contributed by atoms with van der Waals surface area (Å²) in [6.07, 6.45) is 2.78. The Bertz CT molecular complexity index is 690. The summed E-state index contributed by atoms with van der Waals surface area (Å²) in [5.41, 5.74) is 2.95. The largest absolute Gasteiger partial charge is 0.394 e. The lowest BCUT2D eigenvalue weighted by atomic mass is 9.99. The fraction of sp³-hybridized carbons (Fsp3) is 0.412. The van der Waals surface area contributed by atoms with Gasteiger partial charge in [0.05, 0.1) is 12.6 Å². The third-order valence-electron chi connectivity index (χ3n) is 4.71. The van der Waals surface area contributed by atoms with Gasteiger partial charge in [0.1, 0.15) is 18.0 Å². The molecule has 5 heteroatoms. The molecule has 1 fully saturated rings. The molecule has 0 radical (unpaired) electrons. The predicted octanol–water partition coefficient (Wildman–Crippen LogP) is 2.32. The Kier molecular flexibility index (Phi) is 3.22. The Labute approximate surface area is 130 Å². The van der Waals surface area contributed by atoms with Crippen LogP contribution in [-0.2, 0) is 0 Å². The average molecular weight is 296 g/mol. The smallest absolute Gasteiger partial charge is 0.134 e. The highest BCUT2D eigenvalue weighted by atomic mass is 16.3. The van der Waals surface area contributed by atoms with Gasteiger partial charge in [-0.1, -0.05) is 24.3 Å². The number of aromatic nitrogens is 2. The standard InChI is InChI=1S/C17H20N4O/c1-11(9-22)20-16-7-17(19-10-18-16)21-8-12-6-15(21)14-5-3-2-4-13(12)14/h2-5,7,10-12,15,22H,6,8-9H2,1H3,(H,18,19,20)/t11-,12+,15-/m0/s1. The first-order valence-corrected chi connectivity index (χ1v) is 7.81. The van der Waals surface area contributed by atoms with E-state index in [1.807, 2.05) is 13.0 Å². The molecule has 2 bridgehead atoms. The number of rotatable bonds is 4. The van der Waals surface area contributed by atoms with E-state index in [0.717, 1.165) is 18.2 Å². The molecule has 1 aliphatic heterocycles. The summed E-state index contributed by atoms with van der Waals surface area (Å²) in [4.78, 5) is 11.1. The Morgan fingerprint density at radius 1 is 1.32 bits per heavy atom. The SMILES string of the molecule is C[C@@H](CO)Nc1cc(N2C[C@H]3C[C@H]2c2ccccc23)ncn1. The van der Waals surface area contributed by atoms with Crippen molar-refractivity contribution in [2.45, 2.75) is 31.3 Å². The van der Waals surface area contributed by atoms with Crippen molar-refractivity contribution in [2.24, 2.45) is 0 Å². The second-order valence-electron chi connectivity index (χ2n) is 6.22. The van der Waals surface area contributed by atoms with Gasteiger partial charge in [-0.15, -0.1) is 0 Å². The molecule has 2 aliphatic rings. The third-order valence-corrected chi connectivity index (χ3v) is 4.71. The summed E-state index contributed by atoms with van der Waals surface area (Å²) >= 11 is 0. The zero-order valence-electron chi connectivity index (χ0n) is 12.6. The number of benzene rings is 1. The highest BCUT2D eigenvalue weighted by Crippen LogP contribution is 2.51. The number of nitrogens with zero attached hydrogens (tertiary/aromatic N) is 3. The van der Waals surface area contributed by atoms with Crippen LogP contribution in [0.5, 0.6) is 0 Å². The number of nitrogens with one attached hydrogen (secondary N) is 1. The van der Waals surface area contributed by atoms with Crippen LogP contribution in [0.4, 0.5) is 11.6 Å². The maximum atomic E-state index is 9.16. The predicted molar refractivity (Wildman–Crippen MR) is 86.1 cm³/mol. The van der Waals surface area contributed by atoms with Crippen LogP contribution in [0.3, 0.4) is 0 Å². The van der Waals surface area contributed by atoms with Crippen LogP contribution >= 0.6 is 0 Å². The van der Waals surface area contributed by atoms with Gasteiger partial charge in [-0.2, -0.15) is 0 Å². The summed E-state index contributed by atoms with van der Waals surface area (Å²) in [7, 11) is 0. The van der Waals surface area contributed by atoms with E-state index < -0.39 is 0 Å². The van der Waals surface area contributed by atoms with Gasteiger partial charge in [0, 0.05) is 24.6 Å². The molecule has 2 N–H and O–H groups in total. The van der Waals surface area contributed by atoms with Gasteiger partial charge in [0.25, 0.3) is 0 Å². The number of anilines is 2. The maximum Gasteiger partial charge on any atom is 0.134 e. The van der Waals surface area contributed by atoms with Crippen molar-refractivity contribution >= 4 is 11.6 Å². The minimum atomic E-state index is -0.0153. The Morgan fingerprint density at radius 3 is 2.95 bits per heavy atom. The zero-order valence-corrected chi connectivity index (χ0v) is 12.6. The molecule has 5 nitrogen and oxygen atoms in total. The highest BCUT2D eigenvalue weighted by molar-refractivity contribution is 5.56. The molecule has 114 valence electrons. The van der Waals surface area contributed by atoms with E-state index in [2.05, 4.69) is 44.5 Å². The molecule has 0 unspecified atom stereocenters. The van der Waals surface area contributed by atoms with E-state index in [9.17, 15) is 0 Å². The average Bonchev–Trinajstić information content (AvgIpc) is 3.14. The molecule has 3 atom stereocenters. The van der Waals surface area contributed by atoms with E-state index >= 15 is 0 Å². The summed E-state index contributed by atoms with van der Waals surface area (Å²) in [6, 6.07) is 11.1. The first-order chi connectivity index (χ1) is 10.8. The van der Waals surface area contributed by atoms with E-state index in [1.165, 1.54) is 17.5 Å². The molecule has 0 saturated carbocycles. The Hall–Kier alpha value is -2.14. The topological polar surface area (TPSA) is 61.3 Å². The quantitative estimate of drug-likeness (QED) is 0.906. The fourth-order valence-corrected chi connectivity index (χ4v) is 3.68. The van der Waals surface area contributed by atoms with Crippen molar-refractivity contribution in [3.63, 3.8) is 0 Å². The van der Waals surface area contributed by atoms with Crippen molar-refractivity contribution in [2.75, 3.05) is 23.4 Å². The van der Waals surface area contributed by atoms with Crippen LogP contribution in [0.15, 0.2) is 36.7 Å². The minimum Gasteiger partial charge on any atom is -0.394 e. The van der Waals surface area contributed by atoms with E-state index in [0.29, 0.717) is 12.0 Å². The Morgan fingerprint density at radius 2 is 2.14 bits per heavy atom. The summed E-state index contributed by atoms with van der Waals surface area (Å²) < 4.78 is 0. The molecule has 0 amide bonds. The van der Waals surface area contributed by atoms with E-state index in [-0.39, 0.29) is 12.6 Å². The number of hydrogen-bond acceptors (Lipinski definition) is 5. The van der Waals surface area contributed by atoms with E-state index in [1.54, 1.807) is 6.33 Å². The van der Waals surface area contributed by atoms with Gasteiger partial charge in [-0.25, -0.2) is 9.97 Å². The minimum absolute atomic E-state index is 0.0153. The molecular weight excluding hydrogens is 276 g/mol. The highest BCUT2D eigenvalue weighted by Gasteiger charge is 2.42. The number of fused-ring (bicyclic) bond motifs is 5. The lowest BCUT2D eigenvalue weighted by Gasteiger charge is -2.30. The normalized spacial score (nSPS) is 23.5. The number of hydrogen-bond donors (Lipinski definition) is 2. The summed E-state index contributed by atoms with van der Waals surface area (Å²) in [5, 5.41) is 12.3. The first kappa shape index (κ1) is 13.5. The van der Waals surface area contributed by atoms with Gasteiger partial charge in [-0.05, 0) is 24.5 Å². The van der Waals surface area contributed by atoms with Crippen LogP contribution in [0.1, 0.15) is 36.4 Å². The summed E-state index contributed by atoms with van der Waals surface area (Å²) in [6.45, 7) is 3.03. The third kappa shape index (κ3) is 2.13. The molecular formula is C17H20N4O. The van der Waals surface area contributed by atoms with Crippen molar-refractivity contribution in [1.29, 1.82) is 0 Å². The summed E-state index contributed by atoms with van der Waals surface area (Å²) in [5.74, 6) is 2.34. The second-order valence-corrected chi connectivity index (χ2v) is 6.22. The molecule has 1 aromatic carbocycles. The van der Waals surface area contributed by atoms with Gasteiger partial charge >= 0.3 is 0 Å². The molecule has 1 aliphatic carbocycles. The molecule has 22 heavy (non-hydrogen) atoms. The second kappa shape index (κ2) is 5.25. The molecule has 2 heterocycles. The van der Waals surface area contributed by atoms with Crippen molar-refractivity contribution in [1.82, 2.24) is 9.97 Å². The first-order valence-electron chi connectivity index (χ1n) is 7.81. The molecule has 4 rings (SSSR count). The van der Waals surface area contributed by atoms with Crippen molar-refractivity contribution < 1.29 is 5.11 Å². The van der Waals surface area contributed by atoms with Crippen LogP contribution in [0.25, 0.3) is 0 Å². The van der Waals surface area contributed by atoms with Crippen LogP contribution in [0.2, 0.25) is 0 Å². The van der Waals surface area contributed by atoms with Gasteiger partial charge in [0.15, 0.2) is 0 Å². The molecule has 1 saturated heterocycles. The van der Waals surface area contributed by atoms with E-state index in [4.69, 9.17) is 5.11 Å². The lowest BCUT2D eigenvalue weighted by Crippen LogP contribution is -2.28. The van der Waals surface area contributed by atoms with Crippen LogP contribution < -0.4 is 10.2 Å². The monoisotopic (exact) mass is 296 g/mol. The maximum absolute atomic E-state index is 9.16. The number of aliphatic hydroxyl groups is 1. The fourth-order valence-electron chi connectivity index (χ4n) is 3.68. The van der Waals surface area contributed by atoms with Crippen LogP contribution in [-0.4, -0.2) is 34.3 Å². The van der Waals surface area contributed by atoms with Gasteiger partial charge in [-0.3, -0.25) is 0 Å². The molecule has 2 aromatic rings. The Balaban J connectivity index is 1.61. The number of aliphatic hydroxyl groups excluding tert-OH is 1.